The van der Waals surface area contributed by atoms with Crippen LogP contribution in [0.25, 0.3) is 0 Å². The highest BCUT2D eigenvalue weighted by Crippen LogP contribution is 2.39. The molecule has 1 aliphatic heterocycles. The lowest BCUT2D eigenvalue weighted by Gasteiger charge is -2.38. The van der Waals surface area contributed by atoms with Crippen molar-refractivity contribution in [1.82, 2.24) is 5.32 Å². The number of amides is 1. The van der Waals surface area contributed by atoms with Crippen LogP contribution >= 0.6 is 0 Å². The van der Waals surface area contributed by atoms with E-state index in [1.807, 2.05) is 68.4 Å². The molecule has 0 bridgehead atoms. The highest BCUT2D eigenvalue weighted by molar-refractivity contribution is 5.81. The van der Waals surface area contributed by atoms with Crippen LogP contribution in [0.4, 0.5) is 0 Å². The number of carbonyl (C=O) groups excluding carboxylic acids is 1. The van der Waals surface area contributed by atoms with E-state index in [2.05, 4.69) is 5.32 Å². The number of hydrogen-bond acceptors (Lipinski definition) is 3. The summed E-state index contributed by atoms with van der Waals surface area (Å²) < 4.78 is 11.7. The topological polar surface area (TPSA) is 47.6 Å². The maximum Gasteiger partial charge on any atom is 0.261 e. The lowest BCUT2D eigenvalue weighted by Crippen LogP contribution is -2.44. The third-order valence-electron chi connectivity index (χ3n) is 4.12. The molecule has 0 spiro atoms. The standard InChI is InChI=1S/C20H23NO3/c1-14(23-15-9-5-4-6-10-15)19(22)21-17-13-20(2,3)24-18-12-8-7-11-16(17)18/h4-12,14,17H,13H2,1-3H3,(H,21,22)/t14-,17-/m1/s1. The molecule has 2 aromatic carbocycles. The molecule has 24 heavy (non-hydrogen) atoms. The summed E-state index contributed by atoms with van der Waals surface area (Å²) in [6.07, 6.45) is 0.152. The molecule has 1 heterocycles. The van der Waals surface area contributed by atoms with Crippen LogP contribution in [-0.4, -0.2) is 17.6 Å². The van der Waals surface area contributed by atoms with Gasteiger partial charge in [0, 0.05) is 12.0 Å². The van der Waals surface area contributed by atoms with Gasteiger partial charge in [0.05, 0.1) is 6.04 Å². The minimum absolute atomic E-state index is 0.0840. The Labute approximate surface area is 142 Å². The van der Waals surface area contributed by atoms with Gasteiger partial charge < -0.3 is 14.8 Å². The van der Waals surface area contributed by atoms with E-state index in [-0.39, 0.29) is 17.6 Å². The Morgan fingerprint density at radius 3 is 2.58 bits per heavy atom. The van der Waals surface area contributed by atoms with Crippen LogP contribution in [0.2, 0.25) is 0 Å². The van der Waals surface area contributed by atoms with Gasteiger partial charge in [-0.05, 0) is 39.0 Å². The van der Waals surface area contributed by atoms with Crippen LogP contribution in [-0.2, 0) is 4.79 Å². The van der Waals surface area contributed by atoms with Gasteiger partial charge in [0.1, 0.15) is 17.1 Å². The molecule has 126 valence electrons. The second-order valence-corrected chi connectivity index (χ2v) is 6.74. The smallest absolute Gasteiger partial charge is 0.261 e. The van der Waals surface area contributed by atoms with Gasteiger partial charge in [0.2, 0.25) is 0 Å². The summed E-state index contributed by atoms with van der Waals surface area (Å²) in [5, 5.41) is 3.11. The largest absolute Gasteiger partial charge is 0.487 e. The van der Waals surface area contributed by atoms with Gasteiger partial charge in [0.25, 0.3) is 5.91 Å². The van der Waals surface area contributed by atoms with Crippen LogP contribution in [0.5, 0.6) is 11.5 Å². The molecule has 2 aromatic rings. The van der Waals surface area contributed by atoms with Gasteiger partial charge in [-0.25, -0.2) is 0 Å². The number of hydrogen-bond donors (Lipinski definition) is 1. The van der Waals surface area contributed by atoms with Gasteiger partial charge in [-0.2, -0.15) is 0 Å². The first-order valence-corrected chi connectivity index (χ1v) is 8.25. The van der Waals surface area contributed by atoms with E-state index in [0.717, 1.165) is 11.3 Å². The van der Waals surface area contributed by atoms with Crippen molar-refractivity contribution in [2.24, 2.45) is 0 Å². The first-order chi connectivity index (χ1) is 11.4. The Morgan fingerprint density at radius 1 is 1.17 bits per heavy atom. The number of nitrogens with one attached hydrogen (secondary N) is 1. The van der Waals surface area contributed by atoms with Crippen LogP contribution in [0.1, 0.15) is 38.8 Å². The van der Waals surface area contributed by atoms with Gasteiger partial charge in [-0.15, -0.1) is 0 Å². The summed E-state index contributed by atoms with van der Waals surface area (Å²) in [7, 11) is 0. The Hall–Kier alpha value is -2.49. The van der Waals surface area contributed by atoms with Crippen molar-refractivity contribution < 1.29 is 14.3 Å². The van der Waals surface area contributed by atoms with E-state index in [9.17, 15) is 4.79 Å². The van der Waals surface area contributed by atoms with Crippen molar-refractivity contribution >= 4 is 5.91 Å². The molecule has 0 saturated carbocycles. The van der Waals surface area contributed by atoms with Crippen LogP contribution < -0.4 is 14.8 Å². The van der Waals surface area contributed by atoms with Gasteiger partial charge in [0.15, 0.2) is 6.10 Å². The summed E-state index contributed by atoms with van der Waals surface area (Å²) in [6, 6.07) is 17.1. The molecule has 0 radical (unpaired) electrons. The predicted molar refractivity (Wildman–Crippen MR) is 93.2 cm³/mol. The Kier molecular flexibility index (Phi) is 4.47. The average Bonchev–Trinajstić information content (AvgIpc) is 2.54. The fourth-order valence-corrected chi connectivity index (χ4v) is 2.98. The molecule has 1 amide bonds. The van der Waals surface area contributed by atoms with E-state index in [0.29, 0.717) is 12.2 Å². The third-order valence-corrected chi connectivity index (χ3v) is 4.12. The van der Waals surface area contributed by atoms with E-state index >= 15 is 0 Å². The number of ether oxygens (including phenoxy) is 2. The molecule has 0 saturated heterocycles. The molecule has 1 N–H and O–H groups in total. The SMILES string of the molecule is C[C@@H](Oc1ccccc1)C(=O)N[C@@H]1CC(C)(C)Oc2ccccc21. The van der Waals surface area contributed by atoms with Gasteiger partial charge >= 0.3 is 0 Å². The van der Waals surface area contributed by atoms with E-state index in [4.69, 9.17) is 9.47 Å². The molecule has 0 fully saturated rings. The first kappa shape index (κ1) is 16.4. The number of benzene rings is 2. The molecule has 1 aliphatic rings. The van der Waals surface area contributed by atoms with E-state index in [1.165, 1.54) is 0 Å². The maximum atomic E-state index is 12.6. The lowest BCUT2D eigenvalue weighted by atomic mass is 9.89. The third kappa shape index (κ3) is 3.70. The number of carbonyl (C=O) groups is 1. The highest BCUT2D eigenvalue weighted by atomic mass is 16.5. The molecule has 0 aromatic heterocycles. The molecule has 2 atom stereocenters. The summed E-state index contributed by atoms with van der Waals surface area (Å²) >= 11 is 0. The van der Waals surface area contributed by atoms with E-state index < -0.39 is 6.10 Å². The fraction of sp³-hybridized carbons (Fsp3) is 0.350. The monoisotopic (exact) mass is 325 g/mol. The summed E-state index contributed by atoms with van der Waals surface area (Å²) in [6.45, 7) is 5.83. The van der Waals surface area contributed by atoms with Crippen LogP contribution in [0.3, 0.4) is 0 Å². The van der Waals surface area contributed by atoms with Crippen molar-refractivity contribution in [3.8, 4) is 11.5 Å². The fourth-order valence-electron chi connectivity index (χ4n) is 2.98. The van der Waals surface area contributed by atoms with Gasteiger partial charge in [-0.3, -0.25) is 4.79 Å². The van der Waals surface area contributed by atoms with E-state index in [1.54, 1.807) is 6.92 Å². The summed E-state index contributed by atoms with van der Waals surface area (Å²) in [4.78, 5) is 12.6. The van der Waals surface area contributed by atoms with Crippen molar-refractivity contribution in [3.05, 3.63) is 60.2 Å². The molecule has 0 unspecified atom stereocenters. The van der Waals surface area contributed by atoms with Crippen molar-refractivity contribution in [2.75, 3.05) is 0 Å². The summed E-state index contributed by atoms with van der Waals surface area (Å²) in [5.41, 5.74) is 0.688. The molecular formula is C20H23NO3. The highest BCUT2D eigenvalue weighted by Gasteiger charge is 2.35. The normalized spacial score (nSPS) is 19.5. The molecule has 3 rings (SSSR count). The first-order valence-electron chi connectivity index (χ1n) is 8.25. The second kappa shape index (κ2) is 6.56. The van der Waals surface area contributed by atoms with Crippen LogP contribution in [0.15, 0.2) is 54.6 Å². The average molecular weight is 325 g/mol. The quantitative estimate of drug-likeness (QED) is 0.928. The predicted octanol–water partition coefficient (Wildman–Crippen LogP) is 3.87. The zero-order valence-electron chi connectivity index (χ0n) is 14.3. The Morgan fingerprint density at radius 2 is 1.83 bits per heavy atom. The zero-order chi connectivity index (χ0) is 17.2. The molecular weight excluding hydrogens is 302 g/mol. The van der Waals surface area contributed by atoms with Gasteiger partial charge in [-0.1, -0.05) is 36.4 Å². The minimum Gasteiger partial charge on any atom is -0.487 e. The molecule has 4 nitrogen and oxygen atoms in total. The number of para-hydroxylation sites is 2. The Bertz CT molecular complexity index is 712. The van der Waals surface area contributed by atoms with Crippen molar-refractivity contribution in [3.63, 3.8) is 0 Å². The second-order valence-electron chi connectivity index (χ2n) is 6.74. The number of rotatable bonds is 4. The van der Waals surface area contributed by atoms with Crippen molar-refractivity contribution in [1.29, 1.82) is 0 Å². The maximum absolute atomic E-state index is 12.6. The molecule has 4 heteroatoms. The Balaban J connectivity index is 1.72. The van der Waals surface area contributed by atoms with Crippen LogP contribution in [0, 0.1) is 0 Å². The zero-order valence-corrected chi connectivity index (χ0v) is 14.3. The molecule has 0 aliphatic carbocycles. The number of fused-ring (bicyclic) bond motifs is 1. The van der Waals surface area contributed by atoms with Crippen molar-refractivity contribution in [2.45, 2.75) is 44.9 Å². The minimum atomic E-state index is -0.564. The lowest BCUT2D eigenvalue weighted by molar-refractivity contribution is -0.128. The summed E-state index contributed by atoms with van der Waals surface area (Å²) in [5.74, 6) is 1.39.